The van der Waals surface area contributed by atoms with Gasteiger partial charge in [0.25, 0.3) is 0 Å². The summed E-state index contributed by atoms with van der Waals surface area (Å²) in [6.45, 7) is 4.13. The Morgan fingerprint density at radius 1 is 1.60 bits per heavy atom. The van der Waals surface area contributed by atoms with Crippen LogP contribution in [0.1, 0.15) is 39.0 Å². The molecule has 1 aliphatic heterocycles. The van der Waals surface area contributed by atoms with Crippen LogP contribution in [0.4, 0.5) is 0 Å². The Bertz CT molecular complexity index is 206. The fourth-order valence-corrected chi connectivity index (χ4v) is 1.95. The monoisotopic (exact) mass is 210 g/mol. The van der Waals surface area contributed by atoms with E-state index in [2.05, 4.69) is 24.9 Å². The molecule has 0 bridgehead atoms. The van der Waals surface area contributed by atoms with Gasteiger partial charge in [0.2, 0.25) is 0 Å². The molecule has 0 amide bonds. The minimum absolute atomic E-state index is 0.375. The minimum Gasteiger partial charge on any atom is -0.378 e. The third kappa shape index (κ3) is 4.63. The van der Waals surface area contributed by atoms with Crippen molar-refractivity contribution in [1.82, 2.24) is 4.90 Å². The maximum Gasteiger partial charge on any atom is 0.0638 e. The fourth-order valence-electron chi connectivity index (χ4n) is 1.95. The second-order valence-electron chi connectivity index (χ2n) is 4.47. The van der Waals surface area contributed by atoms with Crippen LogP contribution in [0.2, 0.25) is 0 Å². The van der Waals surface area contributed by atoms with Gasteiger partial charge in [0, 0.05) is 12.6 Å². The lowest BCUT2D eigenvalue weighted by Crippen LogP contribution is -2.30. The van der Waals surface area contributed by atoms with Crippen LogP contribution in [-0.4, -0.2) is 37.2 Å². The molecule has 0 saturated carbocycles. The Balaban J connectivity index is 2.05. The van der Waals surface area contributed by atoms with Crippen LogP contribution < -0.4 is 0 Å². The van der Waals surface area contributed by atoms with Crippen molar-refractivity contribution in [2.45, 2.75) is 51.2 Å². The molecule has 0 aromatic carbocycles. The maximum absolute atomic E-state index is 8.59. The van der Waals surface area contributed by atoms with Crippen LogP contribution in [-0.2, 0) is 4.74 Å². The van der Waals surface area contributed by atoms with Gasteiger partial charge in [-0.15, -0.1) is 0 Å². The lowest BCUT2D eigenvalue weighted by Gasteiger charge is -2.22. The summed E-state index contributed by atoms with van der Waals surface area (Å²) in [6, 6.07) is 2.59. The van der Waals surface area contributed by atoms with Crippen LogP contribution in [0.25, 0.3) is 0 Å². The van der Waals surface area contributed by atoms with E-state index in [1.165, 1.54) is 25.7 Å². The molecule has 1 aliphatic rings. The molecule has 86 valence electrons. The molecule has 1 fully saturated rings. The Morgan fingerprint density at radius 2 is 2.40 bits per heavy atom. The van der Waals surface area contributed by atoms with Crippen molar-refractivity contribution >= 4 is 0 Å². The molecule has 0 aliphatic carbocycles. The van der Waals surface area contributed by atoms with Crippen molar-refractivity contribution in [3.05, 3.63) is 0 Å². The highest BCUT2D eigenvalue weighted by Crippen LogP contribution is 2.17. The summed E-state index contributed by atoms with van der Waals surface area (Å²) in [4.78, 5) is 2.26. The Morgan fingerprint density at radius 3 is 3.00 bits per heavy atom. The van der Waals surface area contributed by atoms with E-state index in [9.17, 15) is 0 Å². The molecular formula is C12H22N2O. The van der Waals surface area contributed by atoms with Crippen molar-refractivity contribution < 1.29 is 4.74 Å². The van der Waals surface area contributed by atoms with Crippen molar-refractivity contribution in [3.63, 3.8) is 0 Å². The van der Waals surface area contributed by atoms with Gasteiger partial charge in [0.1, 0.15) is 0 Å². The van der Waals surface area contributed by atoms with Gasteiger partial charge in [-0.2, -0.15) is 5.26 Å². The molecule has 0 radical (unpaired) electrons. The van der Waals surface area contributed by atoms with Crippen LogP contribution in [0.5, 0.6) is 0 Å². The molecule has 15 heavy (non-hydrogen) atoms. The Labute approximate surface area is 93.0 Å². The zero-order chi connectivity index (χ0) is 11.1. The van der Waals surface area contributed by atoms with Crippen molar-refractivity contribution in [1.29, 1.82) is 5.26 Å². The van der Waals surface area contributed by atoms with Crippen LogP contribution in [0.3, 0.4) is 0 Å². The quantitative estimate of drug-likeness (QED) is 0.674. The van der Waals surface area contributed by atoms with E-state index < -0.39 is 0 Å². The maximum atomic E-state index is 8.59. The summed E-state index contributed by atoms with van der Waals surface area (Å²) in [5.41, 5.74) is 0. The number of hydrogen-bond acceptors (Lipinski definition) is 3. The summed E-state index contributed by atoms with van der Waals surface area (Å²) in [5, 5.41) is 8.59. The first-order valence-electron chi connectivity index (χ1n) is 5.93. The van der Waals surface area contributed by atoms with Crippen molar-refractivity contribution in [2.75, 3.05) is 20.2 Å². The molecule has 0 aromatic rings. The average Bonchev–Trinajstić information content (AvgIpc) is 2.71. The summed E-state index contributed by atoms with van der Waals surface area (Å²) in [6.07, 6.45) is 5.93. The minimum atomic E-state index is 0.375. The largest absolute Gasteiger partial charge is 0.378 e. The molecule has 0 spiro atoms. The third-order valence-electron chi connectivity index (χ3n) is 3.20. The predicted octanol–water partition coefficient (Wildman–Crippen LogP) is 2.18. The molecule has 1 rings (SSSR count). The molecule has 0 N–H and O–H groups in total. The lowest BCUT2D eigenvalue weighted by atomic mass is 10.1. The second-order valence-corrected chi connectivity index (χ2v) is 4.47. The standard InChI is InChI=1S/C12H22N2O/c1-11(7-8-13)14(2)9-3-5-12-6-4-10-15-12/h11-12H,3-7,9-10H2,1-2H3. The van der Waals surface area contributed by atoms with Gasteiger partial charge in [-0.1, -0.05) is 0 Å². The number of nitrogens with zero attached hydrogens (tertiary/aromatic N) is 2. The molecule has 1 heterocycles. The molecule has 2 unspecified atom stereocenters. The summed E-state index contributed by atoms with van der Waals surface area (Å²) in [7, 11) is 2.09. The van der Waals surface area contributed by atoms with Crippen LogP contribution in [0.15, 0.2) is 0 Å². The predicted molar refractivity (Wildman–Crippen MR) is 60.5 cm³/mol. The molecule has 3 heteroatoms. The fraction of sp³-hybridized carbons (Fsp3) is 0.917. The van der Waals surface area contributed by atoms with Crippen molar-refractivity contribution in [3.8, 4) is 6.07 Å². The second kappa shape index (κ2) is 6.81. The highest BCUT2D eigenvalue weighted by Gasteiger charge is 2.15. The lowest BCUT2D eigenvalue weighted by molar-refractivity contribution is 0.0983. The van der Waals surface area contributed by atoms with E-state index in [4.69, 9.17) is 10.00 Å². The number of nitriles is 1. The molecule has 2 atom stereocenters. The van der Waals surface area contributed by atoms with Crippen molar-refractivity contribution in [2.24, 2.45) is 0 Å². The van der Waals surface area contributed by atoms with Gasteiger partial charge in [-0.05, 0) is 46.2 Å². The number of ether oxygens (including phenoxy) is 1. The summed E-state index contributed by atoms with van der Waals surface area (Å²) in [5.74, 6) is 0. The summed E-state index contributed by atoms with van der Waals surface area (Å²) < 4.78 is 5.57. The zero-order valence-corrected chi connectivity index (χ0v) is 9.91. The first kappa shape index (κ1) is 12.5. The molecule has 1 saturated heterocycles. The number of rotatable bonds is 6. The molecule has 0 aromatic heterocycles. The smallest absolute Gasteiger partial charge is 0.0638 e. The number of hydrogen-bond donors (Lipinski definition) is 0. The van der Waals surface area contributed by atoms with Gasteiger partial charge < -0.3 is 9.64 Å². The first-order chi connectivity index (χ1) is 7.24. The van der Waals surface area contributed by atoms with Gasteiger partial charge in [-0.3, -0.25) is 0 Å². The topological polar surface area (TPSA) is 36.3 Å². The summed E-state index contributed by atoms with van der Waals surface area (Å²) >= 11 is 0. The molecular weight excluding hydrogens is 188 g/mol. The van der Waals surface area contributed by atoms with Gasteiger partial charge >= 0.3 is 0 Å². The SMILES string of the molecule is CC(CC#N)N(C)CCCC1CCCO1. The van der Waals surface area contributed by atoms with E-state index in [1.807, 2.05) is 0 Å². The zero-order valence-electron chi connectivity index (χ0n) is 9.91. The van der Waals surface area contributed by atoms with Gasteiger partial charge in [0.15, 0.2) is 0 Å². The Kier molecular flexibility index (Phi) is 5.67. The molecule has 3 nitrogen and oxygen atoms in total. The third-order valence-corrected chi connectivity index (χ3v) is 3.20. The normalized spacial score (nSPS) is 22.9. The van der Waals surface area contributed by atoms with E-state index in [0.717, 1.165) is 13.2 Å². The van der Waals surface area contributed by atoms with Gasteiger partial charge in [-0.25, -0.2) is 0 Å². The van der Waals surface area contributed by atoms with Crippen LogP contribution in [0, 0.1) is 11.3 Å². The highest BCUT2D eigenvalue weighted by molar-refractivity contribution is 4.78. The van der Waals surface area contributed by atoms with E-state index in [0.29, 0.717) is 18.6 Å². The van der Waals surface area contributed by atoms with Crippen LogP contribution >= 0.6 is 0 Å². The van der Waals surface area contributed by atoms with E-state index in [-0.39, 0.29) is 0 Å². The van der Waals surface area contributed by atoms with E-state index in [1.54, 1.807) is 0 Å². The average molecular weight is 210 g/mol. The first-order valence-corrected chi connectivity index (χ1v) is 5.93. The van der Waals surface area contributed by atoms with Gasteiger partial charge in [0.05, 0.1) is 18.6 Å². The Hall–Kier alpha value is -0.590. The van der Waals surface area contributed by atoms with E-state index >= 15 is 0 Å². The highest BCUT2D eigenvalue weighted by atomic mass is 16.5.